The molecule has 1 aromatic heterocycles. The third-order valence-corrected chi connectivity index (χ3v) is 2.03. The fourth-order valence-corrected chi connectivity index (χ4v) is 1.33. The highest BCUT2D eigenvalue weighted by Crippen LogP contribution is 2.23. The first-order valence-corrected chi connectivity index (χ1v) is 5.52. The van der Waals surface area contributed by atoms with Crippen molar-refractivity contribution in [1.29, 1.82) is 0 Å². The summed E-state index contributed by atoms with van der Waals surface area (Å²) in [6.45, 7) is 6.19. The van der Waals surface area contributed by atoms with Crippen LogP contribution in [0.15, 0.2) is 12.3 Å². The molecule has 1 amide bonds. The fraction of sp³-hybridized carbons (Fsp3) is 0.455. The molecule has 0 radical (unpaired) electrons. The molecular weight excluding hydrogens is 228 g/mol. The van der Waals surface area contributed by atoms with E-state index in [4.69, 9.17) is 16.3 Å². The summed E-state index contributed by atoms with van der Waals surface area (Å²) in [4.78, 5) is 15.5. The van der Waals surface area contributed by atoms with Gasteiger partial charge in [-0.15, -0.1) is 0 Å². The van der Waals surface area contributed by atoms with Crippen LogP contribution in [0.1, 0.15) is 31.1 Å². The van der Waals surface area contributed by atoms with Crippen molar-refractivity contribution in [3.05, 3.63) is 22.8 Å². The van der Waals surface area contributed by atoms with Crippen molar-refractivity contribution in [2.75, 3.05) is 6.54 Å². The van der Waals surface area contributed by atoms with E-state index < -0.39 is 0 Å². The van der Waals surface area contributed by atoms with Gasteiger partial charge < -0.3 is 10.1 Å². The number of nitrogens with zero attached hydrogens (tertiary/aromatic N) is 1. The van der Waals surface area contributed by atoms with Crippen molar-refractivity contribution in [2.45, 2.75) is 26.9 Å². The summed E-state index contributed by atoms with van der Waals surface area (Å²) < 4.78 is 5.36. The van der Waals surface area contributed by atoms with E-state index in [1.165, 1.54) is 6.20 Å². The molecule has 5 heteroatoms. The van der Waals surface area contributed by atoms with E-state index in [1.807, 2.05) is 20.8 Å². The first kappa shape index (κ1) is 12.8. The lowest BCUT2D eigenvalue weighted by atomic mass is 10.2. The lowest BCUT2D eigenvalue weighted by molar-refractivity contribution is 0.0955. The number of carbonyl (C=O) groups excluding carboxylic acids is 1. The van der Waals surface area contributed by atoms with Crippen LogP contribution in [0.5, 0.6) is 5.88 Å². The van der Waals surface area contributed by atoms with Crippen molar-refractivity contribution < 1.29 is 9.53 Å². The van der Waals surface area contributed by atoms with Crippen LogP contribution in [0.4, 0.5) is 0 Å². The Hall–Kier alpha value is -1.29. The number of carbonyl (C=O) groups is 1. The molecule has 0 bridgehead atoms. The number of ether oxygens (including phenoxy) is 1. The zero-order chi connectivity index (χ0) is 12.1. The van der Waals surface area contributed by atoms with Crippen molar-refractivity contribution >= 4 is 17.5 Å². The van der Waals surface area contributed by atoms with Crippen LogP contribution in [-0.4, -0.2) is 23.5 Å². The molecule has 88 valence electrons. The van der Waals surface area contributed by atoms with Gasteiger partial charge in [0.05, 0.1) is 11.7 Å². The molecule has 16 heavy (non-hydrogen) atoms. The summed E-state index contributed by atoms with van der Waals surface area (Å²) in [5, 5.41) is 3.02. The molecule has 0 saturated carbocycles. The molecule has 0 unspecified atom stereocenters. The van der Waals surface area contributed by atoms with Gasteiger partial charge in [0, 0.05) is 12.7 Å². The topological polar surface area (TPSA) is 51.2 Å². The average Bonchev–Trinajstić information content (AvgIpc) is 2.20. The molecule has 0 spiro atoms. The summed E-state index contributed by atoms with van der Waals surface area (Å²) in [6.07, 6.45) is 1.45. The Balaban J connectivity index is 2.86. The second-order valence-corrected chi connectivity index (χ2v) is 3.94. The smallest absolute Gasteiger partial charge is 0.252 e. The Labute approximate surface area is 100.0 Å². The zero-order valence-corrected chi connectivity index (χ0v) is 10.3. The molecule has 1 aromatic rings. The largest absolute Gasteiger partial charge is 0.474 e. The number of halogens is 1. The van der Waals surface area contributed by atoms with Gasteiger partial charge in [-0.3, -0.25) is 4.79 Å². The highest BCUT2D eigenvalue weighted by atomic mass is 35.5. The number of nitrogens with one attached hydrogen (secondary N) is 1. The van der Waals surface area contributed by atoms with Crippen molar-refractivity contribution in [3.63, 3.8) is 0 Å². The van der Waals surface area contributed by atoms with Crippen LogP contribution in [0.2, 0.25) is 5.02 Å². The Kier molecular flexibility index (Phi) is 4.55. The van der Waals surface area contributed by atoms with Crippen LogP contribution in [0.3, 0.4) is 0 Å². The van der Waals surface area contributed by atoms with E-state index in [-0.39, 0.29) is 12.0 Å². The molecule has 0 aromatic carbocycles. The fourth-order valence-electron chi connectivity index (χ4n) is 1.12. The lowest BCUT2D eigenvalue weighted by Crippen LogP contribution is -2.22. The number of aromatic nitrogens is 1. The third kappa shape index (κ3) is 3.38. The highest BCUT2D eigenvalue weighted by molar-refractivity contribution is 6.32. The van der Waals surface area contributed by atoms with Gasteiger partial charge in [-0.1, -0.05) is 11.6 Å². The minimum atomic E-state index is -0.187. The molecule has 0 atom stereocenters. The summed E-state index contributed by atoms with van der Waals surface area (Å²) in [5.74, 6) is 0.165. The van der Waals surface area contributed by atoms with Gasteiger partial charge in [0.25, 0.3) is 5.91 Å². The number of hydrogen-bond donors (Lipinski definition) is 1. The van der Waals surface area contributed by atoms with Gasteiger partial charge in [0.1, 0.15) is 5.02 Å². The van der Waals surface area contributed by atoms with Gasteiger partial charge >= 0.3 is 0 Å². The summed E-state index contributed by atoms with van der Waals surface area (Å²) >= 11 is 5.95. The van der Waals surface area contributed by atoms with Gasteiger partial charge in [-0.05, 0) is 26.8 Å². The molecule has 1 heterocycles. The molecular formula is C11H15ClN2O2. The van der Waals surface area contributed by atoms with E-state index >= 15 is 0 Å². The molecule has 4 nitrogen and oxygen atoms in total. The van der Waals surface area contributed by atoms with E-state index in [1.54, 1.807) is 6.07 Å². The second kappa shape index (κ2) is 5.70. The van der Waals surface area contributed by atoms with Crippen molar-refractivity contribution in [2.24, 2.45) is 0 Å². The van der Waals surface area contributed by atoms with Crippen molar-refractivity contribution in [3.8, 4) is 5.88 Å². The SMILES string of the molecule is CCNC(=O)c1cnc(OC(C)C)c(Cl)c1. The maximum Gasteiger partial charge on any atom is 0.252 e. The minimum Gasteiger partial charge on any atom is -0.474 e. The minimum absolute atomic E-state index is 0.000295. The summed E-state index contributed by atoms with van der Waals surface area (Å²) in [7, 11) is 0. The lowest BCUT2D eigenvalue weighted by Gasteiger charge is -2.10. The van der Waals surface area contributed by atoms with Crippen LogP contribution in [-0.2, 0) is 0 Å². The van der Waals surface area contributed by atoms with E-state index in [0.29, 0.717) is 23.0 Å². The van der Waals surface area contributed by atoms with Crippen LogP contribution in [0, 0.1) is 0 Å². The van der Waals surface area contributed by atoms with Gasteiger partial charge in [-0.2, -0.15) is 0 Å². The maximum atomic E-state index is 11.5. The van der Waals surface area contributed by atoms with Gasteiger partial charge in [0.15, 0.2) is 0 Å². The monoisotopic (exact) mass is 242 g/mol. The number of hydrogen-bond acceptors (Lipinski definition) is 3. The molecule has 0 saturated heterocycles. The second-order valence-electron chi connectivity index (χ2n) is 3.54. The van der Waals surface area contributed by atoms with E-state index in [0.717, 1.165) is 0 Å². The molecule has 0 aliphatic rings. The number of pyridine rings is 1. The quantitative estimate of drug-likeness (QED) is 0.881. The first-order valence-electron chi connectivity index (χ1n) is 5.15. The van der Waals surface area contributed by atoms with Crippen molar-refractivity contribution in [1.82, 2.24) is 10.3 Å². The molecule has 0 aliphatic heterocycles. The summed E-state index contributed by atoms with van der Waals surface area (Å²) in [6, 6.07) is 1.55. The number of amides is 1. The molecule has 0 fully saturated rings. The Morgan fingerprint density at radius 1 is 1.62 bits per heavy atom. The molecule has 1 N–H and O–H groups in total. The Morgan fingerprint density at radius 2 is 2.31 bits per heavy atom. The molecule has 1 rings (SSSR count). The van der Waals surface area contributed by atoms with E-state index in [9.17, 15) is 4.79 Å². The van der Waals surface area contributed by atoms with Crippen LogP contribution >= 0.6 is 11.6 Å². The standard InChI is InChI=1S/C11H15ClN2O2/c1-4-13-10(15)8-5-9(12)11(14-6-8)16-7(2)3/h5-7H,4H2,1-3H3,(H,13,15). The van der Waals surface area contributed by atoms with Gasteiger partial charge in [-0.25, -0.2) is 4.98 Å². The van der Waals surface area contributed by atoms with Crippen LogP contribution in [0.25, 0.3) is 0 Å². The number of rotatable bonds is 4. The Bertz CT molecular complexity index is 380. The average molecular weight is 243 g/mol. The third-order valence-electron chi connectivity index (χ3n) is 1.75. The van der Waals surface area contributed by atoms with Crippen LogP contribution < -0.4 is 10.1 Å². The Morgan fingerprint density at radius 3 is 2.81 bits per heavy atom. The molecule has 0 aliphatic carbocycles. The predicted octanol–water partition coefficient (Wildman–Crippen LogP) is 2.27. The van der Waals surface area contributed by atoms with Gasteiger partial charge in [0.2, 0.25) is 5.88 Å². The normalized spacial score (nSPS) is 10.3. The highest BCUT2D eigenvalue weighted by Gasteiger charge is 2.10. The first-order chi connectivity index (χ1) is 7.54. The maximum absolute atomic E-state index is 11.5. The zero-order valence-electron chi connectivity index (χ0n) is 9.58. The predicted molar refractivity (Wildman–Crippen MR) is 63.0 cm³/mol. The van der Waals surface area contributed by atoms with E-state index in [2.05, 4.69) is 10.3 Å². The summed E-state index contributed by atoms with van der Waals surface area (Å²) in [5.41, 5.74) is 0.433.